The lowest BCUT2D eigenvalue weighted by Gasteiger charge is -2.20. The van der Waals surface area contributed by atoms with E-state index in [4.69, 9.17) is 4.42 Å². The van der Waals surface area contributed by atoms with Gasteiger partial charge < -0.3 is 14.6 Å². The van der Waals surface area contributed by atoms with Crippen molar-refractivity contribution in [2.45, 2.75) is 19.3 Å². The number of carbonyl (C=O) groups is 1. The zero-order valence-corrected chi connectivity index (χ0v) is 15.5. The molecule has 0 unspecified atom stereocenters. The highest BCUT2D eigenvalue weighted by Crippen LogP contribution is 2.29. The van der Waals surface area contributed by atoms with E-state index in [1.165, 1.54) is 0 Å². The summed E-state index contributed by atoms with van der Waals surface area (Å²) in [5, 5.41) is 9.38. The van der Waals surface area contributed by atoms with E-state index in [2.05, 4.69) is 20.4 Å². The number of nitrogens with zero attached hydrogens (tertiary/aromatic N) is 2. The maximum Gasteiger partial charge on any atom is 0.274 e. The monoisotopic (exact) mass is 378 g/mol. The summed E-state index contributed by atoms with van der Waals surface area (Å²) in [5.74, 6) is 0.647. The molecule has 1 saturated heterocycles. The topological polar surface area (TPSA) is 91.2 Å². The molecule has 0 spiro atoms. The van der Waals surface area contributed by atoms with Gasteiger partial charge in [-0.2, -0.15) is 5.10 Å². The predicted octanol–water partition coefficient (Wildman–Crippen LogP) is 2.60. The van der Waals surface area contributed by atoms with Crippen LogP contribution in [0.25, 0.3) is 11.1 Å². The van der Waals surface area contributed by atoms with E-state index in [9.17, 15) is 9.59 Å². The molecule has 28 heavy (non-hydrogen) atoms. The normalized spacial score (nSPS) is 13.6. The molecule has 0 atom stereocenters. The first-order valence-electron chi connectivity index (χ1n) is 9.46. The number of carbonyl (C=O) groups excluding carboxylic acids is 1. The van der Waals surface area contributed by atoms with Crippen LogP contribution in [0.1, 0.15) is 29.0 Å². The smallest absolute Gasteiger partial charge is 0.274 e. The van der Waals surface area contributed by atoms with E-state index >= 15 is 0 Å². The van der Waals surface area contributed by atoms with Gasteiger partial charge in [-0.25, -0.2) is 5.10 Å². The van der Waals surface area contributed by atoms with E-state index in [0.717, 1.165) is 37.4 Å². The van der Waals surface area contributed by atoms with E-state index < -0.39 is 0 Å². The molecule has 1 aliphatic heterocycles. The second-order valence-electron chi connectivity index (χ2n) is 6.82. The van der Waals surface area contributed by atoms with Crippen LogP contribution in [0, 0.1) is 0 Å². The van der Waals surface area contributed by atoms with Crippen LogP contribution in [0.4, 0.5) is 5.69 Å². The van der Waals surface area contributed by atoms with Crippen molar-refractivity contribution in [3.63, 3.8) is 0 Å². The molecule has 7 heteroatoms. The fraction of sp³-hybridized carbons (Fsp3) is 0.286. The van der Waals surface area contributed by atoms with Crippen molar-refractivity contribution in [1.82, 2.24) is 15.5 Å². The Bertz CT molecular complexity index is 1000. The Morgan fingerprint density at radius 3 is 2.86 bits per heavy atom. The van der Waals surface area contributed by atoms with Gasteiger partial charge in [0, 0.05) is 31.6 Å². The largest absolute Gasteiger partial charge is 0.469 e. The lowest BCUT2D eigenvalue weighted by atomic mass is 10.0. The van der Waals surface area contributed by atoms with Crippen LogP contribution in [0.3, 0.4) is 0 Å². The first-order chi connectivity index (χ1) is 13.7. The van der Waals surface area contributed by atoms with E-state index in [1.54, 1.807) is 30.7 Å². The lowest BCUT2D eigenvalue weighted by Crippen LogP contribution is -2.26. The first-order valence-corrected chi connectivity index (χ1v) is 9.46. The molecule has 2 N–H and O–H groups in total. The number of anilines is 1. The summed E-state index contributed by atoms with van der Waals surface area (Å²) >= 11 is 0. The van der Waals surface area contributed by atoms with Gasteiger partial charge in [0.1, 0.15) is 5.76 Å². The van der Waals surface area contributed by atoms with Crippen molar-refractivity contribution in [3.8, 4) is 11.1 Å². The van der Waals surface area contributed by atoms with Crippen LogP contribution in [0.2, 0.25) is 0 Å². The van der Waals surface area contributed by atoms with Gasteiger partial charge in [-0.05, 0) is 42.7 Å². The second-order valence-corrected chi connectivity index (χ2v) is 6.82. The molecule has 3 heterocycles. The van der Waals surface area contributed by atoms with Gasteiger partial charge in [-0.15, -0.1) is 0 Å². The third-order valence-corrected chi connectivity index (χ3v) is 4.93. The summed E-state index contributed by atoms with van der Waals surface area (Å²) in [5.41, 5.74) is 2.35. The molecular formula is C21H22N4O3. The van der Waals surface area contributed by atoms with Crippen LogP contribution in [-0.2, 0) is 6.42 Å². The Kier molecular flexibility index (Phi) is 5.23. The van der Waals surface area contributed by atoms with Gasteiger partial charge in [0.2, 0.25) is 0 Å². The summed E-state index contributed by atoms with van der Waals surface area (Å²) < 4.78 is 5.27. The molecule has 1 aromatic carbocycles. The number of aromatic nitrogens is 2. The maximum absolute atomic E-state index is 12.5. The Morgan fingerprint density at radius 1 is 1.21 bits per heavy atom. The molecule has 0 saturated carbocycles. The molecule has 3 aromatic rings. The highest BCUT2D eigenvalue weighted by Gasteiger charge is 2.20. The molecule has 0 bridgehead atoms. The SMILES string of the molecule is O=C(NCCc1ccco1)c1cccc(-c2c(N3CCCC3)cn[nH]c2=O)c1. The molecule has 144 valence electrons. The third kappa shape index (κ3) is 3.83. The summed E-state index contributed by atoms with van der Waals surface area (Å²) in [6, 6.07) is 10.9. The molecular weight excluding hydrogens is 356 g/mol. The van der Waals surface area contributed by atoms with Crippen LogP contribution >= 0.6 is 0 Å². The fourth-order valence-corrected chi connectivity index (χ4v) is 3.54. The number of rotatable bonds is 6. The number of aromatic amines is 1. The van der Waals surface area contributed by atoms with Gasteiger partial charge in [0.25, 0.3) is 11.5 Å². The molecule has 2 aromatic heterocycles. The summed E-state index contributed by atoms with van der Waals surface area (Å²) in [6.45, 7) is 2.29. The highest BCUT2D eigenvalue weighted by atomic mass is 16.3. The fourth-order valence-electron chi connectivity index (χ4n) is 3.54. The summed E-state index contributed by atoms with van der Waals surface area (Å²) in [6.07, 6.45) is 6.14. The van der Waals surface area contributed by atoms with Crippen molar-refractivity contribution in [2.24, 2.45) is 0 Å². The van der Waals surface area contributed by atoms with Crippen molar-refractivity contribution in [2.75, 3.05) is 24.5 Å². The second kappa shape index (κ2) is 8.12. The van der Waals surface area contributed by atoms with Crippen LogP contribution < -0.4 is 15.8 Å². The summed E-state index contributed by atoms with van der Waals surface area (Å²) in [4.78, 5) is 27.2. The maximum atomic E-state index is 12.5. The number of amides is 1. The van der Waals surface area contributed by atoms with Gasteiger partial charge in [-0.1, -0.05) is 12.1 Å². The molecule has 0 radical (unpaired) electrons. The first kappa shape index (κ1) is 18.0. The van der Waals surface area contributed by atoms with Gasteiger partial charge in [0.15, 0.2) is 0 Å². The minimum absolute atomic E-state index is 0.179. The van der Waals surface area contributed by atoms with Crippen LogP contribution in [0.15, 0.2) is 58.1 Å². The summed E-state index contributed by atoms with van der Waals surface area (Å²) in [7, 11) is 0. The average Bonchev–Trinajstić information content (AvgIpc) is 3.42. The van der Waals surface area contributed by atoms with Gasteiger partial charge in [0.05, 0.1) is 23.7 Å². The molecule has 1 aliphatic rings. The molecule has 7 nitrogen and oxygen atoms in total. The van der Waals surface area contributed by atoms with E-state index in [0.29, 0.717) is 29.7 Å². The predicted molar refractivity (Wildman–Crippen MR) is 106 cm³/mol. The van der Waals surface area contributed by atoms with Crippen LogP contribution in [0.5, 0.6) is 0 Å². The van der Waals surface area contributed by atoms with Crippen LogP contribution in [-0.4, -0.2) is 35.7 Å². The van der Waals surface area contributed by atoms with Crippen molar-refractivity contribution < 1.29 is 9.21 Å². The number of nitrogens with one attached hydrogen (secondary N) is 2. The Balaban J connectivity index is 1.55. The Hall–Kier alpha value is -3.35. The highest BCUT2D eigenvalue weighted by molar-refractivity contribution is 5.96. The number of hydrogen-bond donors (Lipinski definition) is 2. The quantitative estimate of drug-likeness (QED) is 0.688. The zero-order valence-electron chi connectivity index (χ0n) is 15.5. The third-order valence-electron chi connectivity index (χ3n) is 4.93. The minimum Gasteiger partial charge on any atom is -0.469 e. The van der Waals surface area contributed by atoms with Crippen molar-refractivity contribution in [1.29, 1.82) is 0 Å². The van der Waals surface area contributed by atoms with Crippen molar-refractivity contribution in [3.05, 3.63) is 70.5 Å². The van der Waals surface area contributed by atoms with E-state index in [-0.39, 0.29) is 11.5 Å². The van der Waals surface area contributed by atoms with E-state index in [1.807, 2.05) is 18.2 Å². The van der Waals surface area contributed by atoms with Crippen molar-refractivity contribution >= 4 is 11.6 Å². The number of H-pyrrole nitrogens is 1. The lowest BCUT2D eigenvalue weighted by molar-refractivity contribution is 0.0953. The molecule has 1 fully saturated rings. The zero-order chi connectivity index (χ0) is 19.3. The standard InChI is InChI=1S/C21H22N4O3/c26-20(22-9-8-17-7-4-12-28-17)16-6-3-5-15(13-16)19-18(14-23-24-21(19)27)25-10-1-2-11-25/h3-7,12-14H,1-2,8-11H2,(H,22,26)(H,24,27). The van der Waals surface area contributed by atoms with Gasteiger partial charge >= 0.3 is 0 Å². The average molecular weight is 378 g/mol. The molecule has 4 rings (SSSR count). The molecule has 0 aliphatic carbocycles. The number of furan rings is 1. The molecule has 1 amide bonds. The number of benzene rings is 1. The Labute approximate surface area is 162 Å². The minimum atomic E-state index is -0.250. The van der Waals surface area contributed by atoms with Gasteiger partial charge in [-0.3, -0.25) is 9.59 Å². The number of hydrogen-bond acceptors (Lipinski definition) is 5. The Morgan fingerprint density at radius 2 is 2.07 bits per heavy atom.